The minimum absolute atomic E-state index is 0.0144. The Morgan fingerprint density at radius 3 is 2.59 bits per heavy atom. The van der Waals surface area contributed by atoms with Crippen LogP contribution in [0.4, 0.5) is 5.69 Å². The summed E-state index contributed by atoms with van der Waals surface area (Å²) >= 11 is 0. The average Bonchev–Trinajstić information content (AvgIpc) is 2.80. The highest BCUT2D eigenvalue weighted by Gasteiger charge is 2.24. The van der Waals surface area contributed by atoms with E-state index in [1.807, 2.05) is 36.4 Å². The predicted octanol–water partition coefficient (Wildman–Crippen LogP) is 3.37. The molecule has 142 valence electrons. The van der Waals surface area contributed by atoms with Gasteiger partial charge in [-0.2, -0.15) is 0 Å². The number of aryl methyl sites for hydroxylation is 1. The highest BCUT2D eigenvalue weighted by molar-refractivity contribution is 5.97. The van der Waals surface area contributed by atoms with Crippen LogP contribution in [0, 0.1) is 0 Å². The van der Waals surface area contributed by atoms with E-state index in [1.165, 1.54) is 0 Å². The normalized spacial score (nSPS) is 14.1. The molecule has 5 heteroatoms. The molecule has 2 aromatic carbocycles. The fourth-order valence-electron chi connectivity index (χ4n) is 3.36. The van der Waals surface area contributed by atoms with Crippen LogP contribution in [0.1, 0.15) is 48.2 Å². The van der Waals surface area contributed by atoms with Gasteiger partial charge in [0.05, 0.1) is 5.60 Å². The maximum Gasteiger partial charge on any atom is 0.254 e. The molecule has 3 rings (SSSR count). The first-order chi connectivity index (χ1) is 12.8. The zero-order valence-electron chi connectivity index (χ0n) is 15.9. The molecule has 0 saturated carbocycles. The van der Waals surface area contributed by atoms with E-state index in [0.29, 0.717) is 18.5 Å². The SMILES string of the molecule is CC(C)(O)CN(Cc1ccccc1)C(=O)c1ccc2c(c1)CCCC(=O)N2. The van der Waals surface area contributed by atoms with Crippen LogP contribution in [-0.2, 0) is 17.8 Å². The van der Waals surface area contributed by atoms with Gasteiger partial charge in [-0.05, 0) is 56.0 Å². The van der Waals surface area contributed by atoms with Crippen LogP contribution in [0.5, 0.6) is 0 Å². The molecule has 1 aliphatic rings. The average molecular weight is 366 g/mol. The van der Waals surface area contributed by atoms with Crippen LogP contribution in [0.2, 0.25) is 0 Å². The smallest absolute Gasteiger partial charge is 0.254 e. The van der Waals surface area contributed by atoms with Crippen LogP contribution >= 0.6 is 0 Å². The second-order valence-electron chi connectivity index (χ2n) is 7.73. The monoisotopic (exact) mass is 366 g/mol. The summed E-state index contributed by atoms with van der Waals surface area (Å²) in [6.45, 7) is 4.06. The first kappa shape index (κ1) is 19.1. The summed E-state index contributed by atoms with van der Waals surface area (Å²) in [5.74, 6) is -0.111. The summed E-state index contributed by atoms with van der Waals surface area (Å²) in [7, 11) is 0. The molecule has 27 heavy (non-hydrogen) atoms. The van der Waals surface area contributed by atoms with Crippen molar-refractivity contribution in [2.24, 2.45) is 0 Å². The first-order valence-corrected chi connectivity index (χ1v) is 9.30. The molecule has 0 saturated heterocycles. The van der Waals surface area contributed by atoms with Gasteiger partial charge in [0.1, 0.15) is 0 Å². The van der Waals surface area contributed by atoms with Crippen molar-refractivity contribution < 1.29 is 14.7 Å². The third-order valence-electron chi connectivity index (χ3n) is 4.56. The van der Waals surface area contributed by atoms with Crippen molar-refractivity contribution in [3.05, 3.63) is 65.2 Å². The van der Waals surface area contributed by atoms with Gasteiger partial charge < -0.3 is 15.3 Å². The Hall–Kier alpha value is -2.66. The van der Waals surface area contributed by atoms with Crippen LogP contribution in [0.25, 0.3) is 0 Å². The molecule has 0 atom stereocenters. The van der Waals surface area contributed by atoms with Gasteiger partial charge in [0.2, 0.25) is 5.91 Å². The number of nitrogens with zero attached hydrogens (tertiary/aromatic N) is 1. The fraction of sp³-hybridized carbons (Fsp3) is 0.364. The molecule has 5 nitrogen and oxygen atoms in total. The first-order valence-electron chi connectivity index (χ1n) is 9.30. The summed E-state index contributed by atoms with van der Waals surface area (Å²) in [6.07, 6.45) is 2.03. The van der Waals surface area contributed by atoms with E-state index in [9.17, 15) is 14.7 Å². The number of nitrogens with one attached hydrogen (secondary N) is 1. The summed E-state index contributed by atoms with van der Waals surface area (Å²) < 4.78 is 0. The van der Waals surface area contributed by atoms with Crippen LogP contribution in [0.3, 0.4) is 0 Å². The summed E-state index contributed by atoms with van der Waals surface area (Å²) in [5, 5.41) is 13.2. The molecule has 1 heterocycles. The van der Waals surface area contributed by atoms with Gasteiger partial charge in [0.25, 0.3) is 5.91 Å². The van der Waals surface area contributed by atoms with E-state index in [0.717, 1.165) is 29.7 Å². The Morgan fingerprint density at radius 1 is 1.15 bits per heavy atom. The molecule has 2 amide bonds. The number of aliphatic hydroxyl groups is 1. The molecule has 0 unspecified atom stereocenters. The second-order valence-corrected chi connectivity index (χ2v) is 7.73. The van der Waals surface area contributed by atoms with Crippen molar-refractivity contribution in [3.8, 4) is 0 Å². The molecule has 0 spiro atoms. The largest absolute Gasteiger partial charge is 0.389 e. The quantitative estimate of drug-likeness (QED) is 0.852. The Kier molecular flexibility index (Phi) is 5.61. The molecule has 0 aromatic heterocycles. The molecule has 0 bridgehead atoms. The third-order valence-corrected chi connectivity index (χ3v) is 4.56. The molecular formula is C22H26N2O3. The number of benzene rings is 2. The third kappa shape index (κ3) is 5.17. The Bertz CT molecular complexity index is 825. The van der Waals surface area contributed by atoms with Gasteiger partial charge in [0.15, 0.2) is 0 Å². The van der Waals surface area contributed by atoms with Crippen molar-refractivity contribution in [2.45, 2.75) is 45.3 Å². The minimum Gasteiger partial charge on any atom is -0.389 e. The number of rotatable bonds is 5. The zero-order chi connectivity index (χ0) is 19.4. The lowest BCUT2D eigenvalue weighted by Crippen LogP contribution is -2.41. The van der Waals surface area contributed by atoms with E-state index < -0.39 is 5.60 Å². The molecule has 2 N–H and O–H groups in total. The molecule has 0 aliphatic carbocycles. The zero-order valence-corrected chi connectivity index (χ0v) is 15.9. The maximum atomic E-state index is 13.2. The number of carbonyl (C=O) groups is 2. The Labute approximate surface area is 160 Å². The highest BCUT2D eigenvalue weighted by atomic mass is 16.3. The van der Waals surface area contributed by atoms with E-state index in [2.05, 4.69) is 5.32 Å². The Morgan fingerprint density at radius 2 is 1.89 bits per heavy atom. The number of anilines is 1. The topological polar surface area (TPSA) is 69.6 Å². The van der Waals surface area contributed by atoms with Crippen LogP contribution < -0.4 is 5.32 Å². The lowest BCUT2D eigenvalue weighted by molar-refractivity contribution is -0.116. The van der Waals surface area contributed by atoms with E-state index in [-0.39, 0.29) is 18.4 Å². The molecule has 0 fully saturated rings. The lowest BCUT2D eigenvalue weighted by atomic mass is 10.0. The maximum absolute atomic E-state index is 13.2. The van der Waals surface area contributed by atoms with Gasteiger partial charge in [0, 0.05) is 30.8 Å². The highest BCUT2D eigenvalue weighted by Crippen LogP contribution is 2.24. The molecule has 2 aromatic rings. The summed E-state index contributed by atoms with van der Waals surface area (Å²) in [6, 6.07) is 15.2. The van der Waals surface area contributed by atoms with Crippen molar-refractivity contribution >= 4 is 17.5 Å². The van der Waals surface area contributed by atoms with Crippen LogP contribution in [0.15, 0.2) is 48.5 Å². The fourth-order valence-corrected chi connectivity index (χ4v) is 3.36. The standard InChI is InChI=1S/C22H26N2O3/c1-22(2,27)15-24(14-16-7-4-3-5-8-16)21(26)18-11-12-19-17(13-18)9-6-10-20(25)23-19/h3-5,7-8,11-13,27H,6,9-10,14-15H2,1-2H3,(H,23,25). The summed E-state index contributed by atoms with van der Waals surface area (Å²) in [5.41, 5.74) is 2.35. The van der Waals surface area contributed by atoms with Crippen molar-refractivity contribution in [1.82, 2.24) is 4.90 Å². The van der Waals surface area contributed by atoms with E-state index in [4.69, 9.17) is 0 Å². The number of carbonyl (C=O) groups excluding carboxylic acids is 2. The van der Waals surface area contributed by atoms with E-state index >= 15 is 0 Å². The second kappa shape index (κ2) is 7.92. The number of hydrogen-bond acceptors (Lipinski definition) is 3. The molecular weight excluding hydrogens is 340 g/mol. The minimum atomic E-state index is -0.996. The van der Waals surface area contributed by atoms with Crippen molar-refractivity contribution in [1.29, 1.82) is 0 Å². The molecule has 0 radical (unpaired) electrons. The number of fused-ring (bicyclic) bond motifs is 1. The van der Waals surface area contributed by atoms with Gasteiger partial charge in [-0.25, -0.2) is 0 Å². The van der Waals surface area contributed by atoms with Gasteiger partial charge in [-0.15, -0.1) is 0 Å². The lowest BCUT2D eigenvalue weighted by Gasteiger charge is -2.29. The van der Waals surface area contributed by atoms with Gasteiger partial charge in [-0.3, -0.25) is 9.59 Å². The van der Waals surface area contributed by atoms with Crippen molar-refractivity contribution in [3.63, 3.8) is 0 Å². The van der Waals surface area contributed by atoms with Crippen molar-refractivity contribution in [2.75, 3.05) is 11.9 Å². The number of amides is 2. The van der Waals surface area contributed by atoms with Gasteiger partial charge >= 0.3 is 0 Å². The van der Waals surface area contributed by atoms with E-state index in [1.54, 1.807) is 30.9 Å². The predicted molar refractivity (Wildman–Crippen MR) is 105 cm³/mol. The Balaban J connectivity index is 1.87. The van der Waals surface area contributed by atoms with Crippen LogP contribution in [-0.4, -0.2) is 34.0 Å². The van der Waals surface area contributed by atoms with Gasteiger partial charge in [-0.1, -0.05) is 30.3 Å². The molecule has 1 aliphatic heterocycles. The summed E-state index contributed by atoms with van der Waals surface area (Å²) in [4.78, 5) is 26.6. The number of hydrogen-bond donors (Lipinski definition) is 2.